The summed E-state index contributed by atoms with van der Waals surface area (Å²) in [6.45, 7) is 0. The number of hydrogen-bond donors (Lipinski definition) is 2. The monoisotopic (exact) mass is 448 g/mol. The van der Waals surface area contributed by atoms with Crippen molar-refractivity contribution in [3.8, 4) is 0 Å². The van der Waals surface area contributed by atoms with Crippen molar-refractivity contribution < 1.29 is 9.90 Å². The van der Waals surface area contributed by atoms with Crippen molar-refractivity contribution in [1.29, 1.82) is 0 Å². The summed E-state index contributed by atoms with van der Waals surface area (Å²) in [5.41, 5.74) is 0.836. The Kier molecular flexibility index (Phi) is 4.92. The first-order valence-corrected chi connectivity index (χ1v) is 7.56. The second-order valence-corrected chi connectivity index (χ2v) is 6.15. The summed E-state index contributed by atoms with van der Waals surface area (Å²) >= 11 is 5.18. The van der Waals surface area contributed by atoms with Crippen molar-refractivity contribution in [2.75, 3.05) is 0 Å². The first-order valence-electron chi connectivity index (χ1n) is 5.69. The van der Waals surface area contributed by atoms with Gasteiger partial charge in [0.05, 0.1) is 12.0 Å². The fourth-order valence-corrected chi connectivity index (χ4v) is 2.96. The summed E-state index contributed by atoms with van der Waals surface area (Å²) in [6, 6.07) is 7.42. The molecule has 1 aromatic carbocycles. The number of carboxylic acids is 1. The van der Waals surface area contributed by atoms with Crippen LogP contribution < -0.4 is 5.56 Å². The standard InChI is InChI=1S/C13H10BrIN2O3/c14-8-3-1-2-7(4-8)5-9(13(19)20)11-10(15)12(18)17-6-16-11/h1-4,6,9H,5H2,(H,19,20)(H,16,17,18). The fourth-order valence-electron chi connectivity index (χ4n) is 1.84. The molecule has 20 heavy (non-hydrogen) atoms. The van der Waals surface area contributed by atoms with Crippen LogP contribution >= 0.6 is 38.5 Å². The average Bonchev–Trinajstić information content (AvgIpc) is 2.39. The molecular formula is C13H10BrIN2O3. The van der Waals surface area contributed by atoms with Crippen LogP contribution in [0.25, 0.3) is 0 Å². The van der Waals surface area contributed by atoms with Crippen LogP contribution in [0.2, 0.25) is 0 Å². The van der Waals surface area contributed by atoms with Crippen LogP contribution in [-0.2, 0) is 11.2 Å². The number of carboxylic acid groups (broad SMARTS) is 1. The van der Waals surface area contributed by atoms with Crippen LogP contribution in [0.15, 0.2) is 39.9 Å². The van der Waals surface area contributed by atoms with Crippen LogP contribution in [0.4, 0.5) is 0 Å². The molecule has 0 radical (unpaired) electrons. The van der Waals surface area contributed by atoms with E-state index >= 15 is 0 Å². The molecule has 0 aliphatic carbocycles. The Balaban J connectivity index is 2.40. The Labute approximate surface area is 136 Å². The van der Waals surface area contributed by atoms with Gasteiger partial charge >= 0.3 is 5.97 Å². The number of rotatable bonds is 4. The largest absolute Gasteiger partial charge is 0.481 e. The first kappa shape index (κ1) is 15.2. The Morgan fingerprint density at radius 1 is 1.50 bits per heavy atom. The van der Waals surface area contributed by atoms with Crippen molar-refractivity contribution in [3.05, 3.63) is 60.2 Å². The quantitative estimate of drug-likeness (QED) is 0.704. The number of benzene rings is 1. The molecule has 7 heteroatoms. The van der Waals surface area contributed by atoms with Crippen LogP contribution in [-0.4, -0.2) is 21.0 Å². The Bertz CT molecular complexity index is 702. The molecule has 2 N–H and O–H groups in total. The highest BCUT2D eigenvalue weighted by Crippen LogP contribution is 2.23. The molecule has 104 valence electrons. The molecule has 0 aliphatic heterocycles. The second-order valence-electron chi connectivity index (χ2n) is 4.16. The van der Waals surface area contributed by atoms with E-state index in [1.165, 1.54) is 6.33 Å². The fraction of sp³-hybridized carbons (Fsp3) is 0.154. The summed E-state index contributed by atoms with van der Waals surface area (Å²) in [6.07, 6.45) is 1.51. The Morgan fingerprint density at radius 2 is 2.25 bits per heavy atom. The van der Waals surface area contributed by atoms with Crippen LogP contribution in [0.5, 0.6) is 0 Å². The predicted octanol–water partition coefficient (Wildman–Crippen LogP) is 2.55. The van der Waals surface area contributed by atoms with Crippen molar-refractivity contribution in [2.45, 2.75) is 12.3 Å². The van der Waals surface area contributed by atoms with E-state index in [1.807, 2.05) is 46.9 Å². The molecule has 0 amide bonds. The maximum Gasteiger partial charge on any atom is 0.312 e. The topological polar surface area (TPSA) is 83.0 Å². The highest BCUT2D eigenvalue weighted by Gasteiger charge is 2.25. The third kappa shape index (κ3) is 3.45. The average molecular weight is 449 g/mol. The predicted molar refractivity (Wildman–Crippen MR) is 85.8 cm³/mol. The summed E-state index contributed by atoms with van der Waals surface area (Å²) in [7, 11) is 0. The summed E-state index contributed by atoms with van der Waals surface area (Å²) in [5.74, 6) is -1.85. The zero-order valence-corrected chi connectivity index (χ0v) is 13.9. The zero-order chi connectivity index (χ0) is 14.7. The van der Waals surface area contributed by atoms with Crippen LogP contribution in [0.3, 0.4) is 0 Å². The third-order valence-corrected chi connectivity index (χ3v) is 4.32. The molecule has 2 rings (SSSR count). The van der Waals surface area contributed by atoms with Crippen LogP contribution in [0, 0.1) is 3.57 Å². The molecule has 1 atom stereocenters. The first-order chi connectivity index (χ1) is 9.49. The van der Waals surface area contributed by atoms with Gasteiger partial charge < -0.3 is 10.1 Å². The number of nitrogens with one attached hydrogen (secondary N) is 1. The van der Waals surface area contributed by atoms with Gasteiger partial charge in [-0.1, -0.05) is 28.1 Å². The van der Waals surface area contributed by atoms with Crippen molar-refractivity contribution in [2.24, 2.45) is 0 Å². The molecule has 0 bridgehead atoms. The Hall–Kier alpha value is -1.22. The van der Waals surface area contributed by atoms with E-state index in [4.69, 9.17) is 0 Å². The number of aromatic nitrogens is 2. The van der Waals surface area contributed by atoms with Crippen LogP contribution in [0.1, 0.15) is 17.2 Å². The molecular weight excluding hydrogens is 439 g/mol. The number of nitrogens with zero attached hydrogens (tertiary/aromatic N) is 1. The lowest BCUT2D eigenvalue weighted by molar-refractivity contribution is -0.138. The van der Waals surface area contributed by atoms with E-state index in [0.29, 0.717) is 9.26 Å². The van der Waals surface area contributed by atoms with Crippen molar-refractivity contribution in [1.82, 2.24) is 9.97 Å². The normalized spacial score (nSPS) is 12.1. The minimum Gasteiger partial charge on any atom is -0.481 e. The minimum absolute atomic E-state index is 0.279. The molecule has 0 aliphatic rings. The van der Waals surface area contributed by atoms with Gasteiger partial charge in [-0.25, -0.2) is 4.98 Å². The number of aromatic amines is 1. The molecule has 1 aromatic heterocycles. The molecule has 2 aromatic rings. The highest BCUT2D eigenvalue weighted by atomic mass is 127. The second kappa shape index (κ2) is 6.49. The van der Waals surface area contributed by atoms with E-state index in [0.717, 1.165) is 10.0 Å². The van der Waals surface area contributed by atoms with Gasteiger partial charge in [0.1, 0.15) is 9.49 Å². The van der Waals surface area contributed by atoms with Gasteiger partial charge in [-0.05, 0) is 46.7 Å². The van der Waals surface area contributed by atoms with Gasteiger partial charge in [0, 0.05) is 4.47 Å². The van der Waals surface area contributed by atoms with Gasteiger partial charge in [-0.3, -0.25) is 9.59 Å². The lowest BCUT2D eigenvalue weighted by Gasteiger charge is -2.13. The number of aliphatic carboxylic acids is 1. The number of halogens is 2. The number of carbonyl (C=O) groups is 1. The number of H-pyrrole nitrogens is 1. The van der Waals surface area contributed by atoms with E-state index in [9.17, 15) is 14.7 Å². The van der Waals surface area contributed by atoms with Gasteiger partial charge in [-0.15, -0.1) is 0 Å². The molecule has 1 unspecified atom stereocenters. The lowest BCUT2D eigenvalue weighted by atomic mass is 9.96. The minimum atomic E-state index is -0.999. The zero-order valence-electron chi connectivity index (χ0n) is 10.1. The van der Waals surface area contributed by atoms with E-state index in [-0.39, 0.29) is 12.0 Å². The highest BCUT2D eigenvalue weighted by molar-refractivity contribution is 14.1. The SMILES string of the molecule is O=C(O)C(Cc1cccc(Br)c1)c1nc[nH]c(=O)c1I. The van der Waals surface area contributed by atoms with Gasteiger partial charge in [0.25, 0.3) is 5.56 Å². The molecule has 0 saturated carbocycles. The summed E-state index contributed by atoms with van der Waals surface area (Å²) in [5, 5.41) is 9.41. The lowest BCUT2D eigenvalue weighted by Crippen LogP contribution is -2.22. The molecule has 5 nitrogen and oxygen atoms in total. The molecule has 0 saturated heterocycles. The molecule has 1 heterocycles. The van der Waals surface area contributed by atoms with Gasteiger partial charge in [0.2, 0.25) is 0 Å². The van der Waals surface area contributed by atoms with Crippen molar-refractivity contribution >= 4 is 44.5 Å². The van der Waals surface area contributed by atoms with E-state index < -0.39 is 11.9 Å². The Morgan fingerprint density at radius 3 is 2.90 bits per heavy atom. The third-order valence-electron chi connectivity index (χ3n) is 2.78. The van der Waals surface area contributed by atoms with E-state index in [1.54, 1.807) is 0 Å². The van der Waals surface area contributed by atoms with Crippen molar-refractivity contribution in [3.63, 3.8) is 0 Å². The van der Waals surface area contributed by atoms with Gasteiger partial charge in [-0.2, -0.15) is 0 Å². The maximum atomic E-state index is 11.6. The maximum absolute atomic E-state index is 11.6. The molecule has 0 spiro atoms. The van der Waals surface area contributed by atoms with E-state index in [2.05, 4.69) is 25.9 Å². The summed E-state index contributed by atoms with van der Waals surface area (Å²) in [4.78, 5) is 29.5. The van der Waals surface area contributed by atoms with Gasteiger partial charge in [0.15, 0.2) is 0 Å². The molecule has 0 fully saturated rings. The number of hydrogen-bond acceptors (Lipinski definition) is 3. The summed E-state index contributed by atoms with van der Waals surface area (Å²) < 4.78 is 1.19. The smallest absolute Gasteiger partial charge is 0.312 e.